The van der Waals surface area contributed by atoms with E-state index in [-0.39, 0.29) is 87.7 Å². The standard InChI is InChI=1S/C14H18N2O5S2.C14H18N2O3S.C13H16N2O3S.C8H14N2O4S.C8H12N2O2.5CH4/c1-10(2)11-7-12(22(4,17)18)14(13(8-11)23(19,20)21)16-6-5-15(3)9-16;1-11(2)12-4-5-13(14(8-12)20(17,18)19)9-16-7-6-15(3)10-16;1-10(2)11-4-5-12(13(8-11)19(16,17)18)15-7-6-14(3)9-15;1-7(2)8(14-15(11,12)13)10-5-4-9(3)6-10;1-7(2)10-4-3-9(6-10)5-8(11)12;;;;;/h5-10H,1-4H3;4-8,10-11H,9H2,1-3H3;4-10H,1-3H3;4-8H,1-3H3;3-4,6-7H,5H2,1-2H3;5*1H4/p+5. The van der Waals surface area contributed by atoms with Crippen LogP contribution < -0.4 is 22.8 Å². The minimum Gasteiger partial charge on any atom is -0.478 e. The van der Waals surface area contributed by atoms with Gasteiger partial charge in [0.1, 0.15) is 88.1 Å². The fourth-order valence-corrected chi connectivity index (χ4v) is 12.2. The smallest absolute Gasteiger partial charge is 0.401 e. The first kappa shape index (κ1) is 88.8. The number of aromatic nitrogens is 10. The van der Waals surface area contributed by atoms with Crippen LogP contribution in [0.15, 0.2) is 162 Å². The highest BCUT2D eigenvalue weighted by atomic mass is 32.3. The minimum atomic E-state index is -4.61. The second-order valence-electron chi connectivity index (χ2n) is 22.6. The van der Waals surface area contributed by atoms with E-state index in [4.69, 9.17) is 9.66 Å². The molecule has 32 heteroatoms. The summed E-state index contributed by atoms with van der Waals surface area (Å²) in [6.07, 6.45) is 26.3. The number of carboxylic acids is 1. The Morgan fingerprint density at radius 3 is 1.30 bits per heavy atom. The number of aryl methyl sites for hydroxylation is 4. The molecule has 8 rings (SSSR count). The van der Waals surface area contributed by atoms with E-state index in [0.29, 0.717) is 29.4 Å². The van der Waals surface area contributed by atoms with Crippen molar-refractivity contribution in [2.24, 2.45) is 34.1 Å². The molecule has 528 valence electrons. The summed E-state index contributed by atoms with van der Waals surface area (Å²) in [6, 6.07) is 13.5. The van der Waals surface area contributed by atoms with Gasteiger partial charge in [0.15, 0.2) is 27.8 Å². The third-order valence-corrected chi connectivity index (χ3v) is 17.4. The summed E-state index contributed by atoms with van der Waals surface area (Å²) in [5, 5.41) is 8.48. The Labute approximate surface area is 558 Å². The highest BCUT2D eigenvalue weighted by molar-refractivity contribution is 7.91. The second kappa shape index (κ2) is 36.6. The fraction of sp³-hybridized carbons (Fsp3) is 0.452. The summed E-state index contributed by atoms with van der Waals surface area (Å²) in [5.74, 6) is -0.615. The molecule has 8 aromatic rings. The summed E-state index contributed by atoms with van der Waals surface area (Å²) in [4.78, 5) is 9.65. The van der Waals surface area contributed by atoms with Crippen molar-refractivity contribution in [1.82, 2.24) is 22.8 Å². The van der Waals surface area contributed by atoms with Crippen molar-refractivity contribution >= 4 is 56.6 Å². The zero-order valence-electron chi connectivity index (χ0n) is 52.3. The third kappa shape index (κ3) is 26.9. The van der Waals surface area contributed by atoms with Crippen molar-refractivity contribution in [3.8, 4) is 11.4 Å². The van der Waals surface area contributed by atoms with Crippen LogP contribution in [-0.4, -0.2) is 100 Å². The van der Waals surface area contributed by atoms with E-state index in [1.807, 2.05) is 120 Å². The highest BCUT2D eigenvalue weighted by Gasteiger charge is 2.31. The molecule has 0 bridgehead atoms. The van der Waals surface area contributed by atoms with Gasteiger partial charge in [0.05, 0.1) is 34.2 Å². The van der Waals surface area contributed by atoms with Crippen LogP contribution in [0, 0.1) is 5.92 Å². The van der Waals surface area contributed by atoms with Gasteiger partial charge in [-0.15, -0.1) is 0 Å². The van der Waals surface area contributed by atoms with Crippen LogP contribution in [0.4, 0.5) is 0 Å². The van der Waals surface area contributed by atoms with Gasteiger partial charge in [-0.3, -0.25) is 18.2 Å². The molecule has 1 unspecified atom stereocenters. The van der Waals surface area contributed by atoms with E-state index in [1.54, 1.807) is 130 Å². The summed E-state index contributed by atoms with van der Waals surface area (Å²) in [7, 11) is -14.0. The molecular formula is C62H103N10O17S5+5. The van der Waals surface area contributed by atoms with Gasteiger partial charge < -0.3 is 5.11 Å². The average Bonchev–Trinajstić information content (AvgIpc) is 1.01. The first-order valence-electron chi connectivity index (χ1n) is 27.5. The molecule has 0 aliphatic heterocycles. The first-order valence-corrected chi connectivity index (χ1v) is 35.1. The Morgan fingerprint density at radius 2 is 0.915 bits per heavy atom. The molecule has 5 heterocycles. The van der Waals surface area contributed by atoms with E-state index in [2.05, 4.69) is 4.18 Å². The summed E-state index contributed by atoms with van der Waals surface area (Å²) >= 11 is 0. The first-order chi connectivity index (χ1) is 40.9. The molecule has 5 aromatic heterocycles. The molecule has 5 N–H and O–H groups in total. The maximum Gasteiger partial charge on any atom is 0.401 e. The van der Waals surface area contributed by atoms with Crippen molar-refractivity contribution in [2.75, 3.05) is 6.26 Å². The van der Waals surface area contributed by atoms with Crippen molar-refractivity contribution in [3.05, 3.63) is 164 Å². The van der Waals surface area contributed by atoms with Gasteiger partial charge in [0, 0.05) is 17.7 Å². The lowest BCUT2D eigenvalue weighted by Gasteiger charge is -2.15. The number of carbonyl (C=O) groups is 1. The predicted octanol–water partition coefficient (Wildman–Crippen LogP) is 8.39. The molecule has 0 fully saturated rings. The number of hydrogen-bond donors (Lipinski definition) is 5. The second-order valence-corrected chi connectivity index (χ2v) is 29.8. The normalized spacial score (nSPS) is 11.8. The van der Waals surface area contributed by atoms with Gasteiger partial charge in [-0.05, 0) is 78.6 Å². The number of carboxylic acid groups (broad SMARTS) is 1. The minimum absolute atomic E-state index is 0. The molecule has 0 aliphatic rings. The molecule has 0 saturated carbocycles. The van der Waals surface area contributed by atoms with E-state index in [0.717, 1.165) is 17.4 Å². The zero-order valence-corrected chi connectivity index (χ0v) is 56.4. The zero-order chi connectivity index (χ0) is 67.5. The third-order valence-electron chi connectivity index (χ3n) is 13.1. The monoisotopic (exact) mass is 1420 g/mol. The number of nitrogens with zero attached hydrogens (tertiary/aromatic N) is 10. The van der Waals surface area contributed by atoms with Gasteiger partial charge in [-0.1, -0.05) is 111 Å². The molecule has 0 spiro atoms. The van der Waals surface area contributed by atoms with Crippen molar-refractivity contribution in [1.29, 1.82) is 0 Å². The molecule has 94 heavy (non-hydrogen) atoms. The molecule has 0 aliphatic carbocycles. The van der Waals surface area contributed by atoms with Crippen LogP contribution in [-0.2, 0) is 101 Å². The Hall–Kier alpha value is -7.27. The molecular weight excluding hydrogens is 1320 g/mol. The van der Waals surface area contributed by atoms with Crippen LogP contribution in [0.2, 0.25) is 0 Å². The summed E-state index contributed by atoms with van der Waals surface area (Å²) in [5.41, 5.74) is 3.20. The van der Waals surface area contributed by atoms with E-state index < -0.39 is 67.7 Å². The van der Waals surface area contributed by atoms with Gasteiger partial charge in [0.25, 0.3) is 30.4 Å². The number of hydrogen-bond acceptors (Lipinski definition) is 12. The van der Waals surface area contributed by atoms with E-state index >= 15 is 0 Å². The number of imidazole rings is 5. The Balaban J connectivity index is 0. The maximum atomic E-state index is 12.2. The number of rotatable bonds is 18. The highest BCUT2D eigenvalue weighted by Crippen LogP contribution is 2.32. The summed E-state index contributed by atoms with van der Waals surface area (Å²) < 4.78 is 174. The molecule has 0 radical (unpaired) electrons. The van der Waals surface area contributed by atoms with Gasteiger partial charge in [-0.25, -0.2) is 58.5 Å². The van der Waals surface area contributed by atoms with Gasteiger partial charge >= 0.3 is 16.4 Å². The SMILES string of the molecule is C.C.C.C.C.CC(C)C(OS(=O)(=O)O)n1cc[n+](C)c1.CC(C)c1cc(S(C)(=O)=O)c(-n2cc[n+](C)c2)c(S(=O)(=O)O)c1.CC(C)c1ccc(-n2cc[n+](C)c2)c(S(=O)(=O)O)c1.CC(C)c1ccc(Cn2cc[n+](C)c2)c(S(=O)(=O)O)c1.CC(C)n1cc[n+](CC(=O)O)c1. The predicted molar refractivity (Wildman–Crippen MR) is 358 cm³/mol. The molecule has 0 amide bonds. The van der Waals surface area contributed by atoms with Crippen LogP contribution in [0.25, 0.3) is 11.4 Å². The quantitative estimate of drug-likeness (QED) is 0.0397. The molecule has 27 nitrogen and oxygen atoms in total. The molecule has 3 aromatic carbocycles. The number of aliphatic carboxylic acids is 1. The number of benzene rings is 3. The fourth-order valence-electron chi connectivity index (χ4n) is 8.46. The largest absolute Gasteiger partial charge is 0.478 e. The lowest BCUT2D eigenvalue weighted by Crippen LogP contribution is -2.35. The van der Waals surface area contributed by atoms with Gasteiger partial charge in [0.2, 0.25) is 37.9 Å². The van der Waals surface area contributed by atoms with Crippen molar-refractivity contribution in [2.45, 2.75) is 169 Å². The topological polar surface area (TPSA) is 342 Å². The summed E-state index contributed by atoms with van der Waals surface area (Å²) in [6.45, 7) is 19.6. The Morgan fingerprint density at radius 1 is 0.489 bits per heavy atom. The van der Waals surface area contributed by atoms with Crippen molar-refractivity contribution < 1.29 is 97.2 Å². The van der Waals surface area contributed by atoms with E-state index in [9.17, 15) is 60.5 Å². The lowest BCUT2D eigenvalue weighted by molar-refractivity contribution is -0.685. The van der Waals surface area contributed by atoms with Crippen LogP contribution in [0.3, 0.4) is 0 Å². The lowest BCUT2D eigenvalue weighted by atomic mass is 10.0. The van der Waals surface area contributed by atoms with Crippen LogP contribution in [0.5, 0.6) is 0 Å². The van der Waals surface area contributed by atoms with E-state index in [1.165, 1.54) is 35.3 Å². The number of sulfone groups is 1. The van der Waals surface area contributed by atoms with Crippen molar-refractivity contribution in [3.63, 3.8) is 0 Å². The Bertz CT molecular complexity index is 4260. The maximum absolute atomic E-state index is 12.2. The van der Waals surface area contributed by atoms with Crippen LogP contribution in [0.1, 0.15) is 159 Å². The Kier molecular flexibility index (Phi) is 34.5. The average molecular weight is 1420 g/mol. The molecule has 1 atom stereocenters. The molecule has 0 saturated heterocycles. The van der Waals surface area contributed by atoms with Gasteiger partial charge in [-0.2, -0.15) is 38.2 Å². The van der Waals surface area contributed by atoms with Crippen LogP contribution >= 0.6 is 0 Å².